The Balaban J connectivity index is 0.00000432. The summed E-state index contributed by atoms with van der Waals surface area (Å²) in [6.07, 6.45) is -6.06. The van der Waals surface area contributed by atoms with Crippen LogP contribution in [0.25, 0.3) is 0 Å². The van der Waals surface area contributed by atoms with Crippen LogP contribution in [-0.2, 0) is 35.3 Å². The van der Waals surface area contributed by atoms with Crippen molar-refractivity contribution < 1.29 is 35.9 Å². The third-order valence-electron chi connectivity index (χ3n) is 5.12. The molecule has 35 heavy (non-hydrogen) atoms. The Morgan fingerprint density at radius 1 is 1.17 bits per heavy atom. The van der Waals surface area contributed by atoms with Crippen molar-refractivity contribution in [2.75, 3.05) is 11.9 Å². The highest BCUT2D eigenvalue weighted by atomic mass is 35.5. The normalized spacial score (nSPS) is 13.9. The van der Waals surface area contributed by atoms with Crippen LogP contribution in [0.5, 0.6) is 0 Å². The summed E-state index contributed by atoms with van der Waals surface area (Å²) in [4.78, 5) is 29.1. The molecule has 1 aliphatic heterocycles. The first-order chi connectivity index (χ1) is 15.9. The molecule has 190 valence electrons. The number of benzene rings is 1. The Morgan fingerprint density at radius 3 is 2.46 bits per heavy atom. The Hall–Kier alpha value is -3.31. The van der Waals surface area contributed by atoms with Gasteiger partial charge in [-0.15, -0.1) is 12.4 Å². The van der Waals surface area contributed by atoms with Crippen LogP contribution in [0.1, 0.15) is 29.9 Å². The molecule has 0 aliphatic carbocycles. The number of nitrogens with two attached hydrogens (primary N) is 1. The van der Waals surface area contributed by atoms with Gasteiger partial charge in [0.1, 0.15) is 12.2 Å². The quantitative estimate of drug-likeness (QED) is 0.445. The molecule has 0 saturated heterocycles. The van der Waals surface area contributed by atoms with E-state index in [1.807, 2.05) is 0 Å². The fraction of sp³-hybridized carbons (Fsp3) is 0.400. The number of aromatic nitrogens is 2. The molecule has 0 fully saturated rings. The average molecular weight is 525 g/mol. The fourth-order valence-corrected chi connectivity index (χ4v) is 3.57. The zero-order valence-corrected chi connectivity index (χ0v) is 18.6. The number of amides is 2. The molecule has 8 nitrogen and oxygen atoms in total. The summed E-state index contributed by atoms with van der Waals surface area (Å²) in [5.41, 5.74) is 5.56. The van der Waals surface area contributed by atoms with Gasteiger partial charge in [0.15, 0.2) is 17.5 Å². The average Bonchev–Trinajstić information content (AvgIpc) is 3.10. The molecule has 1 aromatic heterocycles. The van der Waals surface area contributed by atoms with Crippen LogP contribution in [0, 0.1) is 28.8 Å². The maximum atomic E-state index is 13.8. The van der Waals surface area contributed by atoms with Crippen LogP contribution in [-0.4, -0.2) is 38.9 Å². The molecule has 1 atom stereocenters. The Kier molecular flexibility index (Phi) is 8.74. The molecule has 0 unspecified atom stereocenters. The lowest BCUT2D eigenvalue weighted by Gasteiger charge is -2.30. The van der Waals surface area contributed by atoms with Crippen LogP contribution >= 0.6 is 12.4 Å². The Labute approximate surface area is 201 Å². The molecule has 0 bridgehead atoms. The molecule has 3 rings (SSSR count). The zero-order valence-electron chi connectivity index (χ0n) is 17.8. The third-order valence-corrected chi connectivity index (χ3v) is 5.12. The van der Waals surface area contributed by atoms with E-state index in [9.17, 15) is 35.9 Å². The number of rotatable bonds is 6. The SMILES string of the molecule is Cl.N#CCC(=O)Nc1nc(C(F)(F)F)n2c1CN(C(=O)C[C@H](N)Cc1cc(F)c(F)cc1F)CC2. The number of fused-ring (bicyclic) bond motifs is 1. The van der Waals surface area contributed by atoms with Crippen molar-refractivity contribution in [3.8, 4) is 6.07 Å². The minimum atomic E-state index is -4.82. The molecule has 15 heteroatoms. The van der Waals surface area contributed by atoms with Gasteiger partial charge < -0.3 is 20.5 Å². The van der Waals surface area contributed by atoms with E-state index in [2.05, 4.69) is 10.3 Å². The first kappa shape index (κ1) is 27.9. The molecule has 3 N–H and O–H groups in total. The molecule has 1 aliphatic rings. The van der Waals surface area contributed by atoms with E-state index < -0.39 is 59.5 Å². The first-order valence-corrected chi connectivity index (χ1v) is 9.90. The number of alkyl halides is 3. The highest BCUT2D eigenvalue weighted by Gasteiger charge is 2.41. The first-order valence-electron chi connectivity index (χ1n) is 9.90. The van der Waals surface area contributed by atoms with Gasteiger partial charge >= 0.3 is 6.18 Å². The van der Waals surface area contributed by atoms with Gasteiger partial charge in [0.25, 0.3) is 0 Å². The maximum absolute atomic E-state index is 13.8. The molecular weight excluding hydrogens is 506 g/mol. The van der Waals surface area contributed by atoms with Crippen molar-refractivity contribution >= 4 is 30.0 Å². The van der Waals surface area contributed by atoms with Gasteiger partial charge in [-0.3, -0.25) is 9.59 Å². The summed E-state index contributed by atoms with van der Waals surface area (Å²) in [6.45, 7) is -0.733. The maximum Gasteiger partial charge on any atom is 0.449 e. The number of nitrogens with one attached hydrogen (secondary N) is 1. The molecule has 1 aromatic carbocycles. The summed E-state index contributed by atoms with van der Waals surface area (Å²) in [5, 5.41) is 10.7. The van der Waals surface area contributed by atoms with Crippen LogP contribution < -0.4 is 11.1 Å². The predicted octanol–water partition coefficient (Wildman–Crippen LogP) is 2.90. The zero-order chi connectivity index (χ0) is 25.2. The van der Waals surface area contributed by atoms with Gasteiger partial charge in [-0.1, -0.05) is 0 Å². The van der Waals surface area contributed by atoms with E-state index in [0.29, 0.717) is 12.1 Å². The van der Waals surface area contributed by atoms with Crippen LogP contribution in [0.15, 0.2) is 12.1 Å². The van der Waals surface area contributed by atoms with Crippen molar-refractivity contribution in [1.82, 2.24) is 14.5 Å². The molecule has 2 heterocycles. The monoisotopic (exact) mass is 524 g/mol. The predicted molar refractivity (Wildman–Crippen MR) is 111 cm³/mol. The summed E-state index contributed by atoms with van der Waals surface area (Å²) in [7, 11) is 0. The second-order valence-corrected chi connectivity index (χ2v) is 7.60. The lowest BCUT2D eigenvalue weighted by Crippen LogP contribution is -2.42. The van der Waals surface area contributed by atoms with Crippen molar-refractivity contribution in [2.24, 2.45) is 5.73 Å². The van der Waals surface area contributed by atoms with Gasteiger partial charge in [-0.05, 0) is 18.1 Å². The second kappa shape index (κ2) is 11.0. The van der Waals surface area contributed by atoms with E-state index in [-0.39, 0.29) is 56.1 Å². The van der Waals surface area contributed by atoms with Gasteiger partial charge in [0.2, 0.25) is 17.6 Å². The minimum Gasteiger partial charge on any atom is -0.335 e. The third kappa shape index (κ3) is 6.43. The number of carbonyl (C=O) groups excluding carboxylic acids is 2. The van der Waals surface area contributed by atoms with Crippen molar-refractivity contribution in [1.29, 1.82) is 5.26 Å². The largest absolute Gasteiger partial charge is 0.449 e. The number of hydrogen-bond donors (Lipinski definition) is 2. The van der Waals surface area contributed by atoms with Gasteiger partial charge in [-0.2, -0.15) is 18.4 Å². The Bertz CT molecular complexity index is 1160. The molecule has 0 saturated carbocycles. The number of hydrogen-bond acceptors (Lipinski definition) is 5. The fourth-order valence-electron chi connectivity index (χ4n) is 3.57. The summed E-state index contributed by atoms with van der Waals surface area (Å²) >= 11 is 0. The van der Waals surface area contributed by atoms with Gasteiger partial charge in [-0.25, -0.2) is 18.2 Å². The number of nitriles is 1. The molecule has 0 radical (unpaired) electrons. The molecule has 0 spiro atoms. The van der Waals surface area contributed by atoms with Crippen molar-refractivity contribution in [3.05, 3.63) is 46.7 Å². The second-order valence-electron chi connectivity index (χ2n) is 7.60. The Morgan fingerprint density at radius 2 is 1.83 bits per heavy atom. The summed E-state index contributed by atoms with van der Waals surface area (Å²) < 4.78 is 81.2. The topological polar surface area (TPSA) is 117 Å². The van der Waals surface area contributed by atoms with E-state index in [4.69, 9.17) is 11.0 Å². The van der Waals surface area contributed by atoms with E-state index in [1.165, 1.54) is 4.90 Å². The summed E-state index contributed by atoms with van der Waals surface area (Å²) in [5.74, 6) is -6.79. The van der Waals surface area contributed by atoms with E-state index in [0.717, 1.165) is 4.57 Å². The highest BCUT2D eigenvalue weighted by Crippen LogP contribution is 2.34. The standard InChI is InChI=1S/C20H18F6N6O2.ClH/c21-12-8-14(23)13(22)6-10(12)5-11(28)7-17(34)31-3-4-32-15(9-31)18(29-16(33)1-2-27)30-19(32)20(24,25)26;/h6,8,11H,1,3-5,7,9,28H2,(H,29,33);1H/t11-;/m1./s1. The lowest BCUT2D eigenvalue weighted by atomic mass is 10.0. The van der Waals surface area contributed by atoms with Crippen LogP contribution in [0.3, 0.4) is 0 Å². The van der Waals surface area contributed by atoms with Crippen LogP contribution in [0.2, 0.25) is 0 Å². The smallest absolute Gasteiger partial charge is 0.335 e. The molecule has 2 amide bonds. The number of nitrogens with zero attached hydrogens (tertiary/aromatic N) is 4. The van der Waals surface area contributed by atoms with Gasteiger partial charge in [0.05, 0.1) is 18.3 Å². The molecule has 2 aromatic rings. The number of carbonyl (C=O) groups is 2. The summed E-state index contributed by atoms with van der Waals surface area (Å²) in [6, 6.07) is 1.59. The minimum absolute atomic E-state index is 0. The number of anilines is 1. The van der Waals surface area contributed by atoms with E-state index >= 15 is 0 Å². The van der Waals surface area contributed by atoms with Gasteiger partial charge in [0, 0.05) is 31.6 Å². The molecular formula is C20H19ClF6N6O2. The number of halogens is 7. The lowest BCUT2D eigenvalue weighted by molar-refractivity contribution is -0.148. The highest BCUT2D eigenvalue weighted by molar-refractivity contribution is 5.91. The van der Waals surface area contributed by atoms with Crippen molar-refractivity contribution in [2.45, 2.75) is 44.6 Å². The number of imidazole rings is 1. The van der Waals surface area contributed by atoms with Crippen LogP contribution in [0.4, 0.5) is 32.2 Å². The van der Waals surface area contributed by atoms with Crippen molar-refractivity contribution in [3.63, 3.8) is 0 Å². The van der Waals surface area contributed by atoms with E-state index in [1.54, 1.807) is 6.07 Å².